The summed E-state index contributed by atoms with van der Waals surface area (Å²) in [5.41, 5.74) is 0.554. The second-order valence-corrected chi connectivity index (χ2v) is 3.30. The predicted molar refractivity (Wildman–Crippen MR) is 48.5 cm³/mol. The molecule has 4 nitrogen and oxygen atoms in total. The van der Waals surface area contributed by atoms with Crippen molar-refractivity contribution in [2.75, 3.05) is 7.11 Å². The van der Waals surface area contributed by atoms with Gasteiger partial charge in [-0.1, -0.05) is 6.08 Å². The first kappa shape index (κ1) is 10.6. The van der Waals surface area contributed by atoms with Crippen LogP contribution in [0.15, 0.2) is 11.6 Å². The third-order valence-electron chi connectivity index (χ3n) is 2.25. The van der Waals surface area contributed by atoms with Crippen molar-refractivity contribution in [2.24, 2.45) is 5.92 Å². The summed E-state index contributed by atoms with van der Waals surface area (Å²) in [6.45, 7) is 1.65. The molecule has 0 heterocycles. The Morgan fingerprint density at radius 3 is 2.79 bits per heavy atom. The molecule has 76 valence electrons. The predicted octanol–water partition coefficient (Wildman–Crippen LogP) is 0.654. The Morgan fingerprint density at radius 1 is 1.57 bits per heavy atom. The van der Waals surface area contributed by atoms with Crippen LogP contribution in [0.1, 0.15) is 19.8 Å². The number of Topliss-reactive ketones (excluding diaryl/α,β-unsaturated/α-hetero) is 2. The van der Waals surface area contributed by atoms with E-state index in [4.69, 9.17) is 0 Å². The van der Waals surface area contributed by atoms with Crippen LogP contribution in [0.4, 0.5) is 0 Å². The van der Waals surface area contributed by atoms with Gasteiger partial charge >= 0.3 is 5.97 Å². The average molecular weight is 196 g/mol. The standard InChI is InChI=1S/C10H12O4/c1-6-3-7(4-10(13)14-2)9(12)5-8(6)11/h3,7H,4-5H2,1-2H3. The van der Waals surface area contributed by atoms with E-state index in [1.807, 2.05) is 0 Å². The molecule has 14 heavy (non-hydrogen) atoms. The summed E-state index contributed by atoms with van der Waals surface area (Å²) < 4.78 is 4.46. The zero-order valence-electron chi connectivity index (χ0n) is 8.20. The first-order valence-corrected chi connectivity index (χ1v) is 4.35. The van der Waals surface area contributed by atoms with Crippen LogP contribution in [-0.4, -0.2) is 24.6 Å². The van der Waals surface area contributed by atoms with Gasteiger partial charge in [-0.2, -0.15) is 0 Å². The number of carbonyl (C=O) groups is 3. The summed E-state index contributed by atoms with van der Waals surface area (Å²) in [7, 11) is 1.28. The van der Waals surface area contributed by atoms with Crippen molar-refractivity contribution in [1.29, 1.82) is 0 Å². The van der Waals surface area contributed by atoms with Crippen LogP contribution in [0.2, 0.25) is 0 Å². The maximum atomic E-state index is 11.3. The zero-order valence-corrected chi connectivity index (χ0v) is 8.20. The lowest BCUT2D eigenvalue weighted by Crippen LogP contribution is -2.25. The zero-order chi connectivity index (χ0) is 10.7. The molecule has 1 rings (SSSR count). The molecule has 0 spiro atoms. The van der Waals surface area contributed by atoms with Crippen LogP contribution < -0.4 is 0 Å². The molecule has 0 saturated carbocycles. The molecular formula is C10H12O4. The monoisotopic (exact) mass is 196 g/mol. The molecule has 1 unspecified atom stereocenters. The van der Waals surface area contributed by atoms with Crippen molar-refractivity contribution >= 4 is 17.5 Å². The van der Waals surface area contributed by atoms with Crippen LogP contribution in [0, 0.1) is 5.92 Å². The Morgan fingerprint density at radius 2 is 2.21 bits per heavy atom. The number of rotatable bonds is 2. The van der Waals surface area contributed by atoms with Crippen LogP contribution >= 0.6 is 0 Å². The third kappa shape index (κ3) is 2.28. The third-order valence-corrected chi connectivity index (χ3v) is 2.25. The van der Waals surface area contributed by atoms with Crippen LogP contribution in [-0.2, 0) is 19.1 Å². The van der Waals surface area contributed by atoms with Gasteiger partial charge in [0.25, 0.3) is 0 Å². The minimum Gasteiger partial charge on any atom is -0.469 e. The summed E-state index contributed by atoms with van der Waals surface area (Å²) in [6.07, 6.45) is 1.48. The lowest BCUT2D eigenvalue weighted by atomic mass is 9.87. The highest BCUT2D eigenvalue weighted by Crippen LogP contribution is 2.19. The molecular weight excluding hydrogens is 184 g/mol. The topological polar surface area (TPSA) is 60.4 Å². The van der Waals surface area contributed by atoms with Crippen LogP contribution in [0.3, 0.4) is 0 Å². The van der Waals surface area contributed by atoms with Crippen LogP contribution in [0.5, 0.6) is 0 Å². The molecule has 0 aliphatic heterocycles. The summed E-state index contributed by atoms with van der Waals surface area (Å²) >= 11 is 0. The molecule has 0 aromatic rings. The van der Waals surface area contributed by atoms with Crippen molar-refractivity contribution in [2.45, 2.75) is 19.8 Å². The van der Waals surface area contributed by atoms with Crippen molar-refractivity contribution < 1.29 is 19.1 Å². The highest BCUT2D eigenvalue weighted by atomic mass is 16.5. The molecule has 0 aromatic heterocycles. The van der Waals surface area contributed by atoms with Gasteiger partial charge in [0.1, 0.15) is 5.78 Å². The highest BCUT2D eigenvalue weighted by molar-refractivity contribution is 6.11. The fourth-order valence-electron chi connectivity index (χ4n) is 1.35. The van der Waals surface area contributed by atoms with Gasteiger partial charge in [0, 0.05) is 5.92 Å². The van der Waals surface area contributed by atoms with Gasteiger partial charge in [0.15, 0.2) is 5.78 Å². The number of hydrogen-bond acceptors (Lipinski definition) is 4. The summed E-state index contributed by atoms with van der Waals surface area (Å²) in [6, 6.07) is 0. The summed E-state index contributed by atoms with van der Waals surface area (Å²) in [5, 5.41) is 0. The van der Waals surface area contributed by atoms with Crippen LogP contribution in [0.25, 0.3) is 0 Å². The van der Waals surface area contributed by atoms with Gasteiger partial charge in [-0.15, -0.1) is 0 Å². The smallest absolute Gasteiger partial charge is 0.306 e. The SMILES string of the molecule is COC(=O)CC1C=C(C)C(=O)CC1=O. The van der Waals surface area contributed by atoms with E-state index in [0.717, 1.165) is 0 Å². The first-order chi connectivity index (χ1) is 6.54. The lowest BCUT2D eigenvalue weighted by molar-refractivity contribution is -0.143. The van der Waals surface area contributed by atoms with Crippen molar-refractivity contribution in [1.82, 2.24) is 0 Å². The minimum absolute atomic E-state index is 0.0277. The Hall–Kier alpha value is -1.45. The maximum absolute atomic E-state index is 11.3. The van der Waals surface area contributed by atoms with E-state index in [9.17, 15) is 14.4 Å². The number of methoxy groups -OCH3 is 1. The first-order valence-electron chi connectivity index (χ1n) is 4.35. The number of esters is 1. The Kier molecular flexibility index (Phi) is 3.17. The van der Waals surface area contributed by atoms with E-state index in [2.05, 4.69) is 4.74 Å². The average Bonchev–Trinajstić information content (AvgIpc) is 2.14. The number of carbonyl (C=O) groups excluding carboxylic acids is 3. The van der Waals surface area contributed by atoms with E-state index >= 15 is 0 Å². The molecule has 1 aliphatic rings. The number of hydrogen-bond donors (Lipinski definition) is 0. The molecule has 0 aromatic carbocycles. The van der Waals surface area contributed by atoms with E-state index in [1.54, 1.807) is 13.0 Å². The second-order valence-electron chi connectivity index (χ2n) is 3.30. The lowest BCUT2D eigenvalue weighted by Gasteiger charge is -2.15. The van der Waals surface area contributed by atoms with E-state index < -0.39 is 11.9 Å². The van der Waals surface area contributed by atoms with Gasteiger partial charge in [0.2, 0.25) is 0 Å². The van der Waals surface area contributed by atoms with Gasteiger partial charge in [-0.3, -0.25) is 14.4 Å². The summed E-state index contributed by atoms with van der Waals surface area (Å²) in [4.78, 5) is 33.4. The van der Waals surface area contributed by atoms with E-state index in [0.29, 0.717) is 5.57 Å². The second kappa shape index (κ2) is 4.17. The molecule has 0 fully saturated rings. The molecule has 1 atom stereocenters. The molecule has 0 saturated heterocycles. The Labute approximate surface area is 81.9 Å². The fraction of sp³-hybridized carbons (Fsp3) is 0.500. The van der Waals surface area contributed by atoms with Crippen molar-refractivity contribution in [3.8, 4) is 0 Å². The van der Waals surface area contributed by atoms with Gasteiger partial charge in [-0.25, -0.2) is 0 Å². The maximum Gasteiger partial charge on any atom is 0.306 e. The Balaban J connectivity index is 2.74. The highest BCUT2D eigenvalue weighted by Gasteiger charge is 2.27. The number of allylic oxidation sites excluding steroid dienone is 2. The van der Waals surface area contributed by atoms with Crippen molar-refractivity contribution in [3.63, 3.8) is 0 Å². The molecule has 0 bridgehead atoms. The largest absolute Gasteiger partial charge is 0.469 e. The Bertz CT molecular complexity index is 314. The molecule has 0 radical (unpaired) electrons. The number of ketones is 2. The number of ether oxygens (including phenoxy) is 1. The quantitative estimate of drug-likeness (QED) is 0.480. The molecule has 4 heteroatoms. The van der Waals surface area contributed by atoms with Gasteiger partial charge in [0.05, 0.1) is 20.0 Å². The fourth-order valence-corrected chi connectivity index (χ4v) is 1.35. The normalized spacial score (nSPS) is 21.9. The van der Waals surface area contributed by atoms with E-state index in [1.165, 1.54) is 7.11 Å². The summed E-state index contributed by atoms with van der Waals surface area (Å²) in [5.74, 6) is -1.27. The molecule has 0 N–H and O–H groups in total. The van der Waals surface area contributed by atoms with Gasteiger partial charge < -0.3 is 4.74 Å². The van der Waals surface area contributed by atoms with E-state index in [-0.39, 0.29) is 24.4 Å². The molecule has 1 aliphatic carbocycles. The minimum atomic E-state index is -0.486. The van der Waals surface area contributed by atoms with Gasteiger partial charge in [-0.05, 0) is 12.5 Å². The molecule has 0 amide bonds. The van der Waals surface area contributed by atoms with Crippen molar-refractivity contribution in [3.05, 3.63) is 11.6 Å².